The fraction of sp³-hybridized carbons (Fsp3) is 0.889. The van der Waals surface area contributed by atoms with Crippen LogP contribution in [0.5, 0.6) is 0 Å². The fourth-order valence-corrected chi connectivity index (χ4v) is 1.21. The van der Waals surface area contributed by atoms with Crippen molar-refractivity contribution in [3.8, 4) is 0 Å². The lowest BCUT2D eigenvalue weighted by Crippen LogP contribution is -2.36. The molecule has 1 N–H and O–H groups in total. The maximum absolute atomic E-state index is 4.34. The lowest BCUT2D eigenvalue weighted by Gasteiger charge is -2.36. The molecule has 1 rings (SSSR count). The van der Waals surface area contributed by atoms with E-state index in [4.69, 9.17) is 0 Å². The summed E-state index contributed by atoms with van der Waals surface area (Å²) in [5.41, 5.74) is 4.80. The highest BCUT2D eigenvalue weighted by Gasteiger charge is 2.34. The topological polar surface area (TPSA) is 24.4 Å². The van der Waals surface area contributed by atoms with E-state index >= 15 is 0 Å². The van der Waals surface area contributed by atoms with Crippen molar-refractivity contribution in [2.24, 2.45) is 10.5 Å². The van der Waals surface area contributed by atoms with Crippen LogP contribution < -0.4 is 5.43 Å². The van der Waals surface area contributed by atoms with Crippen LogP contribution in [0, 0.1) is 5.41 Å². The van der Waals surface area contributed by atoms with Gasteiger partial charge in [-0.1, -0.05) is 20.8 Å². The zero-order valence-corrected chi connectivity index (χ0v) is 7.78. The Morgan fingerprint density at radius 2 is 2.27 bits per heavy atom. The second-order valence-corrected chi connectivity index (χ2v) is 3.85. The lowest BCUT2D eigenvalue weighted by atomic mass is 9.70. The standard InChI is InChI=1S/C9H18N2/c1-4-7-10-11-8-5-6-9(8,2)3/h10H,4-7H2,1-3H3/b11-8-. The molecule has 1 aliphatic carbocycles. The molecule has 2 nitrogen and oxygen atoms in total. The molecule has 1 saturated carbocycles. The summed E-state index contributed by atoms with van der Waals surface area (Å²) in [6, 6.07) is 0. The second-order valence-electron chi connectivity index (χ2n) is 3.85. The molecule has 0 unspecified atom stereocenters. The van der Waals surface area contributed by atoms with Gasteiger partial charge in [0.1, 0.15) is 0 Å². The number of nitrogens with zero attached hydrogens (tertiary/aromatic N) is 1. The van der Waals surface area contributed by atoms with Gasteiger partial charge >= 0.3 is 0 Å². The van der Waals surface area contributed by atoms with Gasteiger partial charge in [-0.2, -0.15) is 5.10 Å². The molecule has 0 bridgehead atoms. The van der Waals surface area contributed by atoms with E-state index in [0.717, 1.165) is 13.0 Å². The van der Waals surface area contributed by atoms with Gasteiger partial charge in [-0.15, -0.1) is 0 Å². The summed E-state index contributed by atoms with van der Waals surface area (Å²) in [6.07, 6.45) is 3.63. The first-order chi connectivity index (χ1) is 5.17. The molecule has 11 heavy (non-hydrogen) atoms. The van der Waals surface area contributed by atoms with Gasteiger partial charge in [-0.3, -0.25) is 0 Å². The molecule has 0 aromatic carbocycles. The van der Waals surface area contributed by atoms with E-state index in [2.05, 4.69) is 31.3 Å². The molecule has 1 aliphatic rings. The molecule has 2 heteroatoms. The zero-order valence-electron chi connectivity index (χ0n) is 7.78. The van der Waals surface area contributed by atoms with E-state index in [-0.39, 0.29) is 0 Å². The molecule has 0 atom stereocenters. The van der Waals surface area contributed by atoms with Crippen LogP contribution in [0.3, 0.4) is 0 Å². The largest absolute Gasteiger partial charge is 0.310 e. The fourth-order valence-electron chi connectivity index (χ4n) is 1.21. The van der Waals surface area contributed by atoms with Gasteiger partial charge < -0.3 is 5.43 Å². The van der Waals surface area contributed by atoms with E-state index in [1.165, 1.54) is 18.6 Å². The predicted molar refractivity (Wildman–Crippen MR) is 48.7 cm³/mol. The summed E-state index contributed by atoms with van der Waals surface area (Å²) >= 11 is 0. The van der Waals surface area contributed by atoms with Crippen LogP contribution in [0.2, 0.25) is 0 Å². The first kappa shape index (κ1) is 8.57. The first-order valence-corrected chi connectivity index (χ1v) is 4.46. The average Bonchev–Trinajstić information content (AvgIpc) is 1.96. The average molecular weight is 154 g/mol. The molecule has 0 spiro atoms. The quantitative estimate of drug-likeness (QED) is 0.489. The Kier molecular flexibility index (Phi) is 2.53. The highest BCUT2D eigenvalue weighted by Crippen LogP contribution is 2.36. The Morgan fingerprint density at radius 3 is 2.64 bits per heavy atom. The lowest BCUT2D eigenvalue weighted by molar-refractivity contribution is 0.401. The third kappa shape index (κ3) is 1.95. The molecule has 0 aromatic rings. The van der Waals surface area contributed by atoms with Crippen LogP contribution in [-0.2, 0) is 0 Å². The summed E-state index contributed by atoms with van der Waals surface area (Å²) in [4.78, 5) is 0. The summed E-state index contributed by atoms with van der Waals surface area (Å²) < 4.78 is 0. The van der Waals surface area contributed by atoms with Crippen molar-refractivity contribution in [1.82, 2.24) is 5.43 Å². The van der Waals surface area contributed by atoms with E-state index in [0.29, 0.717) is 5.41 Å². The number of rotatable bonds is 3. The first-order valence-electron chi connectivity index (χ1n) is 4.46. The summed E-state index contributed by atoms with van der Waals surface area (Å²) in [5, 5.41) is 4.34. The van der Waals surface area contributed by atoms with E-state index < -0.39 is 0 Å². The van der Waals surface area contributed by atoms with Crippen molar-refractivity contribution in [3.05, 3.63) is 0 Å². The number of hydrazone groups is 1. The molecular weight excluding hydrogens is 136 g/mol. The van der Waals surface area contributed by atoms with Crippen LogP contribution >= 0.6 is 0 Å². The third-order valence-corrected chi connectivity index (χ3v) is 2.34. The predicted octanol–water partition coefficient (Wildman–Crippen LogP) is 2.16. The van der Waals surface area contributed by atoms with Gasteiger partial charge in [-0.05, 0) is 19.3 Å². The molecule has 0 radical (unpaired) electrons. The Bertz CT molecular complexity index is 159. The van der Waals surface area contributed by atoms with Crippen LogP contribution in [0.1, 0.15) is 40.0 Å². The van der Waals surface area contributed by atoms with Crippen LogP contribution in [-0.4, -0.2) is 12.3 Å². The van der Waals surface area contributed by atoms with Crippen molar-refractivity contribution in [2.45, 2.75) is 40.0 Å². The van der Waals surface area contributed by atoms with Gasteiger partial charge in [0.15, 0.2) is 0 Å². The maximum Gasteiger partial charge on any atom is 0.0434 e. The Labute approximate surface area is 69.1 Å². The molecular formula is C9H18N2. The Hall–Kier alpha value is -0.530. The molecule has 1 fully saturated rings. The summed E-state index contributed by atoms with van der Waals surface area (Å²) in [7, 11) is 0. The smallest absolute Gasteiger partial charge is 0.0434 e. The van der Waals surface area contributed by atoms with Crippen molar-refractivity contribution < 1.29 is 0 Å². The zero-order chi connectivity index (χ0) is 8.32. The molecule has 0 amide bonds. The van der Waals surface area contributed by atoms with Crippen molar-refractivity contribution in [3.63, 3.8) is 0 Å². The minimum Gasteiger partial charge on any atom is -0.310 e. The van der Waals surface area contributed by atoms with Gasteiger partial charge in [0.05, 0.1) is 0 Å². The van der Waals surface area contributed by atoms with Gasteiger partial charge in [0, 0.05) is 17.7 Å². The molecule has 64 valence electrons. The number of nitrogens with one attached hydrogen (secondary N) is 1. The van der Waals surface area contributed by atoms with E-state index in [1.807, 2.05) is 0 Å². The van der Waals surface area contributed by atoms with E-state index in [1.54, 1.807) is 0 Å². The highest BCUT2D eigenvalue weighted by atomic mass is 15.3. The minimum atomic E-state index is 0.376. The molecule has 0 aromatic heterocycles. The van der Waals surface area contributed by atoms with Gasteiger partial charge in [-0.25, -0.2) is 0 Å². The van der Waals surface area contributed by atoms with E-state index in [9.17, 15) is 0 Å². The third-order valence-electron chi connectivity index (χ3n) is 2.34. The van der Waals surface area contributed by atoms with Gasteiger partial charge in [0.2, 0.25) is 0 Å². The van der Waals surface area contributed by atoms with Gasteiger partial charge in [0.25, 0.3) is 0 Å². The molecule has 0 saturated heterocycles. The van der Waals surface area contributed by atoms with Crippen molar-refractivity contribution >= 4 is 5.71 Å². The molecule has 0 aliphatic heterocycles. The van der Waals surface area contributed by atoms with Crippen LogP contribution in [0.25, 0.3) is 0 Å². The highest BCUT2D eigenvalue weighted by molar-refractivity contribution is 5.94. The summed E-state index contributed by atoms with van der Waals surface area (Å²) in [6.45, 7) is 7.66. The maximum atomic E-state index is 4.34. The monoisotopic (exact) mass is 154 g/mol. The normalized spacial score (nSPS) is 24.8. The second kappa shape index (κ2) is 3.24. The number of hydrogen-bond acceptors (Lipinski definition) is 2. The van der Waals surface area contributed by atoms with Crippen molar-refractivity contribution in [1.29, 1.82) is 0 Å². The minimum absolute atomic E-state index is 0.376. The summed E-state index contributed by atoms with van der Waals surface area (Å²) in [5.74, 6) is 0. The molecule has 0 heterocycles. The number of hydrogen-bond donors (Lipinski definition) is 1. The Balaban J connectivity index is 2.30. The van der Waals surface area contributed by atoms with Crippen LogP contribution in [0.4, 0.5) is 0 Å². The van der Waals surface area contributed by atoms with Crippen LogP contribution in [0.15, 0.2) is 5.10 Å². The Morgan fingerprint density at radius 1 is 1.55 bits per heavy atom. The van der Waals surface area contributed by atoms with Crippen molar-refractivity contribution in [2.75, 3.05) is 6.54 Å². The SMILES string of the molecule is CCCN/N=C1/CCC1(C)C.